The molecule has 0 saturated carbocycles. The van der Waals surface area contributed by atoms with E-state index in [-0.39, 0.29) is 6.42 Å². The Morgan fingerprint density at radius 2 is 0.727 bits per heavy atom. The van der Waals surface area contributed by atoms with Gasteiger partial charge >= 0.3 is 11.9 Å². The Morgan fingerprint density at radius 3 is 1.03 bits per heavy atom. The summed E-state index contributed by atoms with van der Waals surface area (Å²) in [6.07, 6.45) is 18.9. The maximum Gasteiger partial charge on any atom is 0.317 e. The highest BCUT2D eigenvalue weighted by atomic mass is 16.6. The van der Waals surface area contributed by atoms with Gasteiger partial charge in [0.15, 0.2) is 0 Å². The third-order valence-corrected chi connectivity index (χ3v) is 5.96. The second kappa shape index (κ2) is 19.3. The predicted molar refractivity (Wildman–Crippen MR) is 139 cm³/mol. The number of hydrogen-bond acceptors (Lipinski definition) is 4. The Labute approximate surface area is 206 Å². The van der Waals surface area contributed by atoms with E-state index in [1.165, 1.54) is 77.0 Å². The van der Waals surface area contributed by atoms with Crippen LogP contribution in [0.3, 0.4) is 0 Å². The Hall–Kier alpha value is -1.06. The van der Waals surface area contributed by atoms with Crippen molar-refractivity contribution in [3.05, 3.63) is 0 Å². The molecule has 0 aromatic carbocycles. The zero-order chi connectivity index (χ0) is 25.0. The number of hydrogen-bond donors (Lipinski definition) is 0. The van der Waals surface area contributed by atoms with Crippen LogP contribution in [0.4, 0.5) is 0 Å². The summed E-state index contributed by atoms with van der Waals surface area (Å²) in [7, 11) is 0. The first-order valence-corrected chi connectivity index (χ1v) is 13.8. The molecule has 0 aromatic heterocycles. The summed E-state index contributed by atoms with van der Waals surface area (Å²) in [5.41, 5.74) is 0.892. The molecule has 0 atom stereocenters. The van der Waals surface area contributed by atoms with E-state index in [0.717, 1.165) is 25.7 Å². The van der Waals surface area contributed by atoms with E-state index in [4.69, 9.17) is 9.47 Å². The third-order valence-electron chi connectivity index (χ3n) is 5.96. The molecule has 0 spiro atoms. The van der Waals surface area contributed by atoms with Crippen molar-refractivity contribution in [2.24, 2.45) is 10.8 Å². The average Bonchev–Trinajstić information content (AvgIpc) is 2.69. The molecule has 0 heterocycles. The first kappa shape index (κ1) is 31.9. The van der Waals surface area contributed by atoms with Crippen LogP contribution in [0.25, 0.3) is 0 Å². The van der Waals surface area contributed by atoms with Crippen molar-refractivity contribution in [1.82, 2.24) is 0 Å². The molecule has 0 saturated heterocycles. The minimum Gasteiger partial charge on any atom is -0.465 e. The summed E-state index contributed by atoms with van der Waals surface area (Å²) in [6, 6.07) is 0. The second-order valence-corrected chi connectivity index (χ2v) is 12.2. The lowest BCUT2D eigenvalue weighted by molar-refractivity contribution is -0.154. The molecule has 0 aromatic rings. The quantitative estimate of drug-likeness (QED) is 0.102. The fourth-order valence-electron chi connectivity index (χ4n) is 3.87. The van der Waals surface area contributed by atoms with E-state index in [9.17, 15) is 9.59 Å². The van der Waals surface area contributed by atoms with Crippen LogP contribution >= 0.6 is 0 Å². The van der Waals surface area contributed by atoms with Crippen LogP contribution in [0.2, 0.25) is 0 Å². The van der Waals surface area contributed by atoms with E-state index in [2.05, 4.69) is 41.5 Å². The first-order chi connectivity index (χ1) is 15.5. The van der Waals surface area contributed by atoms with E-state index >= 15 is 0 Å². The minimum atomic E-state index is -0.461. The van der Waals surface area contributed by atoms with Crippen LogP contribution in [-0.2, 0) is 19.1 Å². The Morgan fingerprint density at radius 1 is 0.455 bits per heavy atom. The van der Waals surface area contributed by atoms with Crippen LogP contribution in [0, 0.1) is 10.8 Å². The lowest BCUT2D eigenvalue weighted by Crippen LogP contribution is -2.15. The Bertz CT molecular complexity index is 441. The smallest absolute Gasteiger partial charge is 0.317 e. The van der Waals surface area contributed by atoms with Gasteiger partial charge in [-0.1, -0.05) is 119 Å². The molecule has 0 fully saturated rings. The summed E-state index contributed by atoms with van der Waals surface area (Å²) >= 11 is 0. The van der Waals surface area contributed by atoms with Crippen LogP contribution in [0.15, 0.2) is 0 Å². The highest BCUT2D eigenvalue weighted by molar-refractivity contribution is 5.91. The molecule has 0 bridgehead atoms. The molecular weight excluding hydrogens is 412 g/mol. The maximum atomic E-state index is 11.7. The van der Waals surface area contributed by atoms with Gasteiger partial charge in [0.25, 0.3) is 0 Å². The molecular formula is C29H56O4. The summed E-state index contributed by atoms with van der Waals surface area (Å²) in [5.74, 6) is -0.921. The molecule has 0 amide bonds. The van der Waals surface area contributed by atoms with Gasteiger partial charge in [-0.05, 0) is 36.5 Å². The number of carbonyl (C=O) groups excluding carboxylic acids is 2. The fourth-order valence-corrected chi connectivity index (χ4v) is 3.87. The molecule has 0 aliphatic rings. The second-order valence-electron chi connectivity index (χ2n) is 12.2. The average molecular weight is 469 g/mol. The molecule has 0 N–H and O–H groups in total. The number of rotatable bonds is 20. The topological polar surface area (TPSA) is 52.6 Å². The van der Waals surface area contributed by atoms with Crippen molar-refractivity contribution in [2.45, 2.75) is 151 Å². The Kier molecular flexibility index (Phi) is 18.6. The van der Waals surface area contributed by atoms with Crippen LogP contribution in [0.1, 0.15) is 151 Å². The van der Waals surface area contributed by atoms with E-state index in [1.54, 1.807) is 0 Å². The van der Waals surface area contributed by atoms with E-state index < -0.39 is 11.9 Å². The maximum absolute atomic E-state index is 11.7. The van der Waals surface area contributed by atoms with Gasteiger partial charge in [0, 0.05) is 0 Å². The van der Waals surface area contributed by atoms with Crippen molar-refractivity contribution in [2.75, 3.05) is 13.2 Å². The van der Waals surface area contributed by atoms with Gasteiger partial charge in [-0.2, -0.15) is 0 Å². The van der Waals surface area contributed by atoms with Gasteiger partial charge in [-0.25, -0.2) is 0 Å². The lowest BCUT2D eigenvalue weighted by Gasteiger charge is -2.17. The Balaban J connectivity index is 3.39. The number of unbranched alkanes of at least 4 members (excludes halogenated alkanes) is 12. The predicted octanol–water partition coefficient (Wildman–Crippen LogP) is 8.80. The molecule has 0 aliphatic heterocycles. The summed E-state index contributed by atoms with van der Waals surface area (Å²) in [6.45, 7) is 14.6. The van der Waals surface area contributed by atoms with Crippen molar-refractivity contribution in [1.29, 1.82) is 0 Å². The van der Waals surface area contributed by atoms with Gasteiger partial charge in [0.1, 0.15) is 6.42 Å². The van der Waals surface area contributed by atoms with Crippen molar-refractivity contribution >= 4 is 11.9 Å². The highest BCUT2D eigenvalue weighted by Crippen LogP contribution is 2.23. The third kappa shape index (κ3) is 27.1. The summed E-state index contributed by atoms with van der Waals surface area (Å²) < 4.78 is 10.3. The number of ether oxygens (including phenoxy) is 2. The molecule has 4 nitrogen and oxygen atoms in total. The lowest BCUT2D eigenvalue weighted by atomic mass is 9.89. The molecule has 0 rings (SSSR count). The van der Waals surface area contributed by atoms with Gasteiger partial charge in [0.05, 0.1) is 13.2 Å². The highest BCUT2D eigenvalue weighted by Gasteiger charge is 2.12. The largest absolute Gasteiger partial charge is 0.465 e. The van der Waals surface area contributed by atoms with Crippen LogP contribution in [0.5, 0.6) is 0 Å². The molecule has 0 unspecified atom stereocenters. The van der Waals surface area contributed by atoms with Crippen molar-refractivity contribution in [3.8, 4) is 0 Å². The van der Waals surface area contributed by atoms with Gasteiger partial charge in [-0.15, -0.1) is 0 Å². The summed E-state index contributed by atoms with van der Waals surface area (Å²) in [5, 5.41) is 0. The number of carbonyl (C=O) groups is 2. The van der Waals surface area contributed by atoms with Crippen molar-refractivity contribution < 1.29 is 19.1 Å². The van der Waals surface area contributed by atoms with Crippen LogP contribution in [-0.4, -0.2) is 25.2 Å². The van der Waals surface area contributed by atoms with Gasteiger partial charge < -0.3 is 9.47 Å². The van der Waals surface area contributed by atoms with E-state index in [0.29, 0.717) is 24.0 Å². The zero-order valence-corrected chi connectivity index (χ0v) is 23.1. The van der Waals surface area contributed by atoms with Gasteiger partial charge in [-0.3, -0.25) is 9.59 Å². The molecule has 33 heavy (non-hydrogen) atoms. The fraction of sp³-hybridized carbons (Fsp3) is 0.931. The normalized spacial score (nSPS) is 12.1. The molecule has 196 valence electrons. The number of esters is 2. The molecule has 0 radical (unpaired) electrons. The summed E-state index contributed by atoms with van der Waals surface area (Å²) in [4.78, 5) is 23.5. The minimum absolute atomic E-state index is 0.262. The van der Waals surface area contributed by atoms with Crippen LogP contribution < -0.4 is 0 Å². The molecule has 0 aliphatic carbocycles. The van der Waals surface area contributed by atoms with Gasteiger partial charge in [0.2, 0.25) is 0 Å². The SMILES string of the molecule is CC(C)(C)CCCCCCCCCOC(=O)CC(=O)OCCCCCCCCCC(C)(C)C. The van der Waals surface area contributed by atoms with E-state index in [1.807, 2.05) is 0 Å². The zero-order valence-electron chi connectivity index (χ0n) is 23.1. The van der Waals surface area contributed by atoms with Crippen molar-refractivity contribution in [3.63, 3.8) is 0 Å². The monoisotopic (exact) mass is 468 g/mol. The molecule has 4 heteroatoms. The standard InChI is InChI=1S/C29H56O4/c1-28(2,3)21-17-13-9-7-11-15-19-23-32-26(30)25-27(31)33-24-20-16-12-8-10-14-18-22-29(4,5)6/h7-25H2,1-6H3. The first-order valence-electron chi connectivity index (χ1n) is 13.8.